The van der Waals surface area contributed by atoms with Crippen molar-refractivity contribution in [3.05, 3.63) is 35.7 Å². The van der Waals surface area contributed by atoms with Crippen molar-refractivity contribution in [2.24, 2.45) is 0 Å². The molecule has 2 nitrogen and oxygen atoms in total. The van der Waals surface area contributed by atoms with E-state index in [-0.39, 0.29) is 0 Å². The van der Waals surface area contributed by atoms with Gasteiger partial charge in [-0.15, -0.1) is 0 Å². The van der Waals surface area contributed by atoms with Crippen LogP contribution in [0.15, 0.2) is 24.5 Å². The van der Waals surface area contributed by atoms with Crippen LogP contribution in [0.5, 0.6) is 0 Å². The molecule has 2 heteroatoms. The number of aromatic nitrogens is 2. The first-order chi connectivity index (χ1) is 5.29. The summed E-state index contributed by atoms with van der Waals surface area (Å²) in [5.74, 6) is 0. The van der Waals surface area contributed by atoms with Gasteiger partial charge in [-0.3, -0.25) is 0 Å². The minimum absolute atomic E-state index is 1.20. The van der Waals surface area contributed by atoms with E-state index in [1.165, 1.54) is 16.6 Å². The second kappa shape index (κ2) is 2.09. The molecule has 0 atom stereocenters. The maximum atomic E-state index is 4.18. The third-order valence-corrected chi connectivity index (χ3v) is 2.07. The van der Waals surface area contributed by atoms with E-state index in [0.29, 0.717) is 0 Å². The van der Waals surface area contributed by atoms with Crippen LogP contribution < -0.4 is 0 Å². The number of hydrogen-bond acceptors (Lipinski definition) is 1. The van der Waals surface area contributed by atoms with Crippen LogP contribution in [0.25, 0.3) is 5.52 Å². The second-order valence-electron chi connectivity index (χ2n) is 2.79. The van der Waals surface area contributed by atoms with Crippen molar-refractivity contribution in [3.8, 4) is 0 Å². The van der Waals surface area contributed by atoms with Crippen molar-refractivity contribution in [3.63, 3.8) is 0 Å². The van der Waals surface area contributed by atoms with Crippen LogP contribution in [0.2, 0.25) is 0 Å². The van der Waals surface area contributed by atoms with Crippen LogP contribution in [0, 0.1) is 13.8 Å². The predicted molar refractivity (Wildman–Crippen MR) is 44.7 cm³/mol. The summed E-state index contributed by atoms with van der Waals surface area (Å²) in [6.45, 7) is 4.22. The molecule has 0 fully saturated rings. The van der Waals surface area contributed by atoms with E-state index >= 15 is 0 Å². The Bertz CT molecular complexity index is 387. The lowest BCUT2D eigenvalue weighted by molar-refractivity contribution is 0.937. The highest BCUT2D eigenvalue weighted by Crippen LogP contribution is 2.14. The van der Waals surface area contributed by atoms with E-state index in [4.69, 9.17) is 0 Å². The topological polar surface area (TPSA) is 17.3 Å². The Labute approximate surface area is 65.5 Å². The third kappa shape index (κ3) is 0.827. The van der Waals surface area contributed by atoms with Gasteiger partial charge in [-0.25, -0.2) is 4.52 Å². The van der Waals surface area contributed by atoms with Crippen LogP contribution in [0.3, 0.4) is 0 Å². The average molecular weight is 146 g/mol. The van der Waals surface area contributed by atoms with E-state index in [1.54, 1.807) is 6.20 Å². The quantitative estimate of drug-likeness (QED) is 0.555. The highest BCUT2D eigenvalue weighted by molar-refractivity contribution is 5.56. The standard InChI is InChI=1S/C9H10N2/c1-7-6-11-9(8(7)2)4-3-5-10-11/h3-6H,1-2H3. The molecule has 0 saturated heterocycles. The van der Waals surface area contributed by atoms with Crippen molar-refractivity contribution >= 4 is 5.52 Å². The Kier molecular flexibility index (Phi) is 1.22. The summed E-state index contributed by atoms with van der Waals surface area (Å²) in [5, 5.41) is 4.18. The predicted octanol–water partition coefficient (Wildman–Crippen LogP) is 1.95. The maximum Gasteiger partial charge on any atom is 0.0678 e. The Balaban J connectivity index is 2.92. The molecule has 0 spiro atoms. The highest BCUT2D eigenvalue weighted by Gasteiger charge is 2.00. The molecule has 56 valence electrons. The molecule has 2 aromatic heterocycles. The molecule has 2 rings (SSSR count). The van der Waals surface area contributed by atoms with Gasteiger partial charge in [-0.05, 0) is 37.1 Å². The van der Waals surface area contributed by atoms with Crippen LogP contribution in [-0.2, 0) is 0 Å². The van der Waals surface area contributed by atoms with E-state index in [0.717, 1.165) is 0 Å². The number of hydrogen-bond donors (Lipinski definition) is 0. The van der Waals surface area contributed by atoms with Gasteiger partial charge in [0.05, 0.1) is 5.52 Å². The van der Waals surface area contributed by atoms with E-state index in [1.807, 2.05) is 16.8 Å². The van der Waals surface area contributed by atoms with E-state index in [2.05, 4.69) is 25.0 Å². The minimum Gasteiger partial charge on any atom is -0.241 e. The molecule has 2 heterocycles. The Morgan fingerprint density at radius 2 is 2.18 bits per heavy atom. The van der Waals surface area contributed by atoms with Gasteiger partial charge in [0, 0.05) is 12.4 Å². The summed E-state index contributed by atoms with van der Waals surface area (Å²) in [7, 11) is 0. The van der Waals surface area contributed by atoms with E-state index < -0.39 is 0 Å². The lowest BCUT2D eigenvalue weighted by Gasteiger charge is -1.90. The lowest BCUT2D eigenvalue weighted by atomic mass is 10.2. The zero-order valence-electron chi connectivity index (χ0n) is 6.70. The summed E-state index contributed by atoms with van der Waals surface area (Å²) in [5.41, 5.74) is 3.81. The fourth-order valence-corrected chi connectivity index (χ4v) is 1.27. The summed E-state index contributed by atoms with van der Waals surface area (Å²) < 4.78 is 1.91. The fourth-order valence-electron chi connectivity index (χ4n) is 1.27. The number of aryl methyl sites for hydroxylation is 2. The van der Waals surface area contributed by atoms with Gasteiger partial charge in [0.25, 0.3) is 0 Å². The molecule has 0 N–H and O–H groups in total. The summed E-state index contributed by atoms with van der Waals surface area (Å²) in [6.07, 6.45) is 3.84. The highest BCUT2D eigenvalue weighted by atomic mass is 15.2. The molecule has 0 unspecified atom stereocenters. The molecule has 0 bridgehead atoms. The molecule has 0 amide bonds. The molecular weight excluding hydrogens is 136 g/mol. The van der Waals surface area contributed by atoms with Gasteiger partial charge in [-0.2, -0.15) is 5.10 Å². The molecule has 11 heavy (non-hydrogen) atoms. The molecule has 0 aromatic carbocycles. The van der Waals surface area contributed by atoms with Crippen LogP contribution in [0.4, 0.5) is 0 Å². The minimum atomic E-state index is 1.20. The second-order valence-corrected chi connectivity index (χ2v) is 2.79. The van der Waals surface area contributed by atoms with Gasteiger partial charge < -0.3 is 0 Å². The third-order valence-electron chi connectivity index (χ3n) is 2.07. The Hall–Kier alpha value is -1.31. The van der Waals surface area contributed by atoms with Crippen molar-refractivity contribution < 1.29 is 0 Å². The van der Waals surface area contributed by atoms with Crippen molar-refractivity contribution in [2.75, 3.05) is 0 Å². The van der Waals surface area contributed by atoms with Gasteiger partial charge in [0.1, 0.15) is 0 Å². The molecule has 2 aromatic rings. The van der Waals surface area contributed by atoms with Crippen LogP contribution in [0.1, 0.15) is 11.1 Å². The zero-order valence-corrected chi connectivity index (χ0v) is 6.70. The van der Waals surface area contributed by atoms with Gasteiger partial charge in [0.2, 0.25) is 0 Å². The summed E-state index contributed by atoms with van der Waals surface area (Å²) >= 11 is 0. The number of fused-ring (bicyclic) bond motifs is 1. The summed E-state index contributed by atoms with van der Waals surface area (Å²) in [4.78, 5) is 0. The summed E-state index contributed by atoms with van der Waals surface area (Å²) in [6, 6.07) is 4.04. The first kappa shape index (κ1) is 6.40. The number of nitrogens with zero attached hydrogens (tertiary/aromatic N) is 2. The monoisotopic (exact) mass is 146 g/mol. The smallest absolute Gasteiger partial charge is 0.0678 e. The Morgan fingerprint density at radius 3 is 2.91 bits per heavy atom. The largest absolute Gasteiger partial charge is 0.241 e. The Morgan fingerprint density at radius 1 is 1.36 bits per heavy atom. The average Bonchev–Trinajstić information content (AvgIpc) is 2.30. The molecule has 0 radical (unpaired) electrons. The first-order valence-electron chi connectivity index (χ1n) is 3.68. The normalized spacial score (nSPS) is 10.7. The van der Waals surface area contributed by atoms with Crippen LogP contribution in [-0.4, -0.2) is 9.61 Å². The SMILES string of the molecule is Cc1cn2ncccc2c1C. The van der Waals surface area contributed by atoms with Gasteiger partial charge in [-0.1, -0.05) is 0 Å². The maximum absolute atomic E-state index is 4.18. The molecule has 0 aliphatic heterocycles. The van der Waals surface area contributed by atoms with Gasteiger partial charge in [0.15, 0.2) is 0 Å². The zero-order chi connectivity index (χ0) is 7.84. The van der Waals surface area contributed by atoms with Crippen molar-refractivity contribution in [1.82, 2.24) is 9.61 Å². The van der Waals surface area contributed by atoms with Gasteiger partial charge >= 0.3 is 0 Å². The van der Waals surface area contributed by atoms with Crippen molar-refractivity contribution in [1.29, 1.82) is 0 Å². The van der Waals surface area contributed by atoms with E-state index in [9.17, 15) is 0 Å². The van der Waals surface area contributed by atoms with Crippen molar-refractivity contribution in [2.45, 2.75) is 13.8 Å². The fraction of sp³-hybridized carbons (Fsp3) is 0.222. The molecular formula is C9H10N2. The molecule has 0 aliphatic carbocycles. The first-order valence-corrected chi connectivity index (χ1v) is 3.68. The lowest BCUT2D eigenvalue weighted by Crippen LogP contribution is -1.85. The van der Waals surface area contributed by atoms with Crippen LogP contribution >= 0.6 is 0 Å². The number of rotatable bonds is 0. The molecule has 0 aliphatic rings. The molecule has 0 saturated carbocycles.